The molecule has 8 heteroatoms. The molecule has 0 aliphatic heterocycles. The number of aromatic nitrogens is 1. The molecule has 0 amide bonds. The van der Waals surface area contributed by atoms with Gasteiger partial charge in [0.05, 0.1) is 9.20 Å². The van der Waals surface area contributed by atoms with Crippen LogP contribution in [0.15, 0.2) is 47.3 Å². The molecule has 2 aromatic carbocycles. The fourth-order valence-electron chi connectivity index (χ4n) is 2.55. The zero-order valence-electron chi connectivity index (χ0n) is 14.7. The second kappa shape index (κ2) is 8.50. The maximum Gasteiger partial charge on any atom is 0.323 e. The molecular formula is C20H15BClNO4S. The van der Waals surface area contributed by atoms with Gasteiger partial charge in [-0.15, -0.1) is 11.3 Å². The highest BCUT2D eigenvalue weighted by Gasteiger charge is 2.09. The molecule has 28 heavy (non-hydrogen) atoms. The predicted octanol–water partition coefficient (Wildman–Crippen LogP) is 1.26. The van der Waals surface area contributed by atoms with Crippen molar-refractivity contribution in [2.45, 2.75) is 13.2 Å². The molecule has 0 saturated heterocycles. The van der Waals surface area contributed by atoms with E-state index < -0.39 is 18.1 Å². The van der Waals surface area contributed by atoms with Gasteiger partial charge in [0.2, 0.25) is 0 Å². The number of hydrogen-bond donors (Lipinski definition) is 1. The molecule has 140 valence electrons. The number of carbonyl (C=O) groups is 1. The van der Waals surface area contributed by atoms with E-state index in [9.17, 15) is 9.59 Å². The molecule has 0 aliphatic carbocycles. The standard InChI is InChI=1S/C20H15BClNO4S/c1-12-23(10-19(24)25)20(26)18(28-12)9-14-8-15(21)4-7-17(14)27-11-13-2-5-16(22)6-3-13/h2-9H,1,10-11H2,(H,24,25)/b18-9-. The van der Waals surface area contributed by atoms with Crippen molar-refractivity contribution in [2.75, 3.05) is 0 Å². The Morgan fingerprint density at radius 2 is 2.00 bits per heavy atom. The summed E-state index contributed by atoms with van der Waals surface area (Å²) in [6, 6.07) is 12.4. The van der Waals surface area contributed by atoms with Crippen LogP contribution in [-0.2, 0) is 17.9 Å². The van der Waals surface area contributed by atoms with Crippen LogP contribution in [0.25, 0.3) is 12.7 Å². The van der Waals surface area contributed by atoms with E-state index in [1.165, 1.54) is 0 Å². The zero-order chi connectivity index (χ0) is 20.3. The lowest BCUT2D eigenvalue weighted by molar-refractivity contribution is -0.137. The molecule has 2 radical (unpaired) electrons. The second-order valence-corrected chi connectivity index (χ2v) is 7.55. The van der Waals surface area contributed by atoms with Gasteiger partial charge in [0.25, 0.3) is 5.56 Å². The van der Waals surface area contributed by atoms with E-state index in [2.05, 4.69) is 6.58 Å². The Hall–Kier alpha value is -2.77. The van der Waals surface area contributed by atoms with E-state index in [1.807, 2.05) is 12.1 Å². The van der Waals surface area contributed by atoms with Crippen LogP contribution < -0.4 is 25.0 Å². The number of carboxylic acid groups (broad SMARTS) is 1. The maximum absolute atomic E-state index is 12.5. The molecule has 3 aromatic rings. The quantitative estimate of drug-likeness (QED) is 0.620. The van der Waals surface area contributed by atoms with Gasteiger partial charge in [-0.3, -0.25) is 14.2 Å². The summed E-state index contributed by atoms with van der Waals surface area (Å²) in [5.41, 5.74) is 1.66. The van der Waals surface area contributed by atoms with Crippen molar-refractivity contribution >= 4 is 54.9 Å². The van der Waals surface area contributed by atoms with Crippen molar-refractivity contribution in [1.82, 2.24) is 4.57 Å². The van der Waals surface area contributed by atoms with Crippen molar-refractivity contribution < 1.29 is 14.6 Å². The number of halogens is 1. The van der Waals surface area contributed by atoms with Crippen LogP contribution in [0.3, 0.4) is 0 Å². The van der Waals surface area contributed by atoms with Crippen molar-refractivity contribution in [2.24, 2.45) is 0 Å². The summed E-state index contributed by atoms with van der Waals surface area (Å²) < 4.78 is 7.73. The largest absolute Gasteiger partial charge is 0.488 e. The summed E-state index contributed by atoms with van der Waals surface area (Å²) in [5, 5.41) is 9.60. The van der Waals surface area contributed by atoms with Gasteiger partial charge in [-0.05, 0) is 29.8 Å². The van der Waals surface area contributed by atoms with Gasteiger partial charge in [0, 0.05) is 10.6 Å². The monoisotopic (exact) mass is 411 g/mol. The number of thiazole rings is 1. The van der Waals surface area contributed by atoms with Gasteiger partial charge in [0.1, 0.15) is 26.7 Å². The number of nitrogens with zero attached hydrogens (tertiary/aromatic N) is 1. The fourth-order valence-corrected chi connectivity index (χ4v) is 3.57. The number of rotatable bonds is 6. The van der Waals surface area contributed by atoms with Crippen molar-refractivity contribution in [3.8, 4) is 5.75 Å². The summed E-state index contributed by atoms with van der Waals surface area (Å²) in [7, 11) is 5.88. The maximum atomic E-state index is 12.5. The molecule has 5 nitrogen and oxygen atoms in total. The van der Waals surface area contributed by atoms with Crippen LogP contribution >= 0.6 is 22.9 Å². The summed E-state index contributed by atoms with van der Waals surface area (Å²) in [5.74, 6) is -0.556. The van der Waals surface area contributed by atoms with Crippen molar-refractivity contribution in [3.05, 3.63) is 78.2 Å². The van der Waals surface area contributed by atoms with E-state index in [0.29, 0.717) is 37.6 Å². The Labute approximate surface area is 171 Å². The molecule has 0 aliphatic rings. The Kier molecular flexibility index (Phi) is 6.07. The molecule has 0 bridgehead atoms. The van der Waals surface area contributed by atoms with Gasteiger partial charge in [-0.25, -0.2) is 0 Å². The van der Waals surface area contributed by atoms with Crippen LogP contribution in [-0.4, -0.2) is 23.5 Å². The summed E-state index contributed by atoms with van der Waals surface area (Å²) in [6.45, 7) is 3.64. The average molecular weight is 412 g/mol. The molecule has 1 heterocycles. The van der Waals surface area contributed by atoms with Crippen molar-refractivity contribution in [1.29, 1.82) is 0 Å². The number of ether oxygens (including phenoxy) is 1. The zero-order valence-corrected chi connectivity index (χ0v) is 16.3. The first-order valence-electron chi connectivity index (χ1n) is 8.22. The summed E-state index contributed by atoms with van der Waals surface area (Å²) in [6.07, 6.45) is 1.63. The molecule has 0 fully saturated rings. The van der Waals surface area contributed by atoms with Gasteiger partial charge < -0.3 is 9.84 Å². The lowest BCUT2D eigenvalue weighted by atomic mass is 9.94. The molecule has 3 rings (SSSR count). The number of aliphatic carboxylic acids is 1. The predicted molar refractivity (Wildman–Crippen MR) is 112 cm³/mol. The first-order valence-corrected chi connectivity index (χ1v) is 9.42. The van der Waals surface area contributed by atoms with E-state index in [4.69, 9.17) is 29.3 Å². The first-order chi connectivity index (χ1) is 13.3. The Morgan fingerprint density at radius 1 is 1.29 bits per heavy atom. The minimum atomic E-state index is -1.10. The Morgan fingerprint density at radius 3 is 2.68 bits per heavy atom. The molecule has 0 unspecified atom stereocenters. The second-order valence-electron chi connectivity index (χ2n) is 6.00. The molecule has 1 N–H and O–H groups in total. The SMILES string of the molecule is [B]c1ccc(OCc2ccc(Cl)cc2)c(/C=c2\sc(=C)n(CC(=O)O)c2=O)c1. The third kappa shape index (κ3) is 4.74. The van der Waals surface area contributed by atoms with E-state index >= 15 is 0 Å². The third-order valence-corrected chi connectivity index (χ3v) is 5.13. The normalized spacial score (nSPS) is 11.5. The van der Waals surface area contributed by atoms with Crippen molar-refractivity contribution in [3.63, 3.8) is 0 Å². The molecule has 1 aromatic heterocycles. The van der Waals surface area contributed by atoms with Crippen LogP contribution in [0.1, 0.15) is 11.1 Å². The topological polar surface area (TPSA) is 68.5 Å². The number of hydrogen-bond acceptors (Lipinski definition) is 4. The first kappa shape index (κ1) is 20.0. The molecule has 0 saturated carbocycles. The van der Waals surface area contributed by atoms with Gasteiger partial charge in [-0.1, -0.05) is 47.9 Å². The minimum absolute atomic E-state index is 0.316. The van der Waals surface area contributed by atoms with Gasteiger partial charge in [-0.2, -0.15) is 0 Å². The van der Waals surface area contributed by atoms with Crippen LogP contribution in [0.4, 0.5) is 0 Å². The lowest BCUT2D eigenvalue weighted by Crippen LogP contribution is -2.33. The summed E-state index contributed by atoms with van der Waals surface area (Å²) in [4.78, 5) is 23.4. The lowest BCUT2D eigenvalue weighted by Gasteiger charge is -2.10. The smallest absolute Gasteiger partial charge is 0.323 e. The van der Waals surface area contributed by atoms with E-state index in [1.54, 1.807) is 36.4 Å². The Bertz CT molecular complexity index is 1180. The van der Waals surface area contributed by atoms with Crippen LogP contribution in [0.2, 0.25) is 5.02 Å². The Balaban J connectivity index is 1.96. The number of carboxylic acids is 1. The van der Waals surface area contributed by atoms with E-state index in [-0.39, 0.29) is 0 Å². The fraction of sp³-hybridized carbons (Fsp3) is 0.100. The minimum Gasteiger partial charge on any atom is -0.488 e. The van der Waals surface area contributed by atoms with Gasteiger partial charge in [0.15, 0.2) is 0 Å². The summed E-state index contributed by atoms with van der Waals surface area (Å²) >= 11 is 7.01. The molecule has 0 atom stereocenters. The highest BCUT2D eigenvalue weighted by molar-refractivity contribution is 7.07. The highest BCUT2D eigenvalue weighted by Crippen LogP contribution is 2.19. The van der Waals surface area contributed by atoms with Crippen LogP contribution in [0.5, 0.6) is 5.75 Å². The third-order valence-electron chi connectivity index (χ3n) is 3.91. The molecule has 0 spiro atoms. The average Bonchev–Trinajstić information content (AvgIpc) is 2.89. The van der Waals surface area contributed by atoms with E-state index in [0.717, 1.165) is 21.5 Å². The molecular weight excluding hydrogens is 397 g/mol. The highest BCUT2D eigenvalue weighted by atomic mass is 35.5. The number of benzene rings is 2. The van der Waals surface area contributed by atoms with Gasteiger partial charge >= 0.3 is 5.97 Å². The van der Waals surface area contributed by atoms with Crippen LogP contribution in [0, 0.1) is 0 Å².